The van der Waals surface area contributed by atoms with Crippen LogP contribution in [0.25, 0.3) is 0 Å². The molecule has 1 aromatic rings. The van der Waals surface area contributed by atoms with Crippen LogP contribution in [0.15, 0.2) is 30.3 Å². The zero-order valence-electron chi connectivity index (χ0n) is 9.06. The highest BCUT2D eigenvalue weighted by atomic mass is 16.1. The lowest BCUT2D eigenvalue weighted by Gasteiger charge is -2.09. The Morgan fingerprint density at radius 2 is 1.94 bits per heavy atom. The molecule has 1 aromatic carbocycles. The summed E-state index contributed by atoms with van der Waals surface area (Å²) < 4.78 is 0. The fourth-order valence-corrected chi connectivity index (χ4v) is 2.79. The molecule has 0 saturated heterocycles. The van der Waals surface area contributed by atoms with Crippen molar-refractivity contribution in [1.82, 2.24) is 0 Å². The summed E-state index contributed by atoms with van der Waals surface area (Å²) in [4.78, 5) is 23.7. The van der Waals surface area contributed by atoms with E-state index in [0.29, 0.717) is 24.0 Å². The summed E-state index contributed by atoms with van der Waals surface area (Å²) in [5.41, 5.74) is 0.732. The number of benzene rings is 1. The highest BCUT2D eigenvalue weighted by Crippen LogP contribution is 2.52. The van der Waals surface area contributed by atoms with Gasteiger partial charge in [0, 0.05) is 23.8 Å². The number of carbonyl (C=O) groups excluding carboxylic acids is 2. The van der Waals surface area contributed by atoms with Crippen molar-refractivity contribution in [3.8, 4) is 0 Å². The smallest absolute Gasteiger partial charge is 0.163 e. The van der Waals surface area contributed by atoms with Crippen molar-refractivity contribution in [2.45, 2.75) is 19.3 Å². The first kappa shape index (κ1) is 9.76. The second-order valence-electron chi connectivity index (χ2n) is 4.93. The average Bonchev–Trinajstić information content (AvgIpc) is 3.01. The number of Topliss-reactive ketones (excluding diaryl/α,β-unsaturated/α-hetero) is 2. The largest absolute Gasteiger partial charge is 0.299 e. The molecule has 2 nitrogen and oxygen atoms in total. The number of hydrogen-bond acceptors (Lipinski definition) is 2. The van der Waals surface area contributed by atoms with Crippen LogP contribution in [0, 0.1) is 17.8 Å². The van der Waals surface area contributed by atoms with Gasteiger partial charge in [-0.15, -0.1) is 0 Å². The van der Waals surface area contributed by atoms with Crippen molar-refractivity contribution in [3.05, 3.63) is 35.9 Å². The van der Waals surface area contributed by atoms with E-state index in [1.807, 2.05) is 30.3 Å². The Morgan fingerprint density at radius 3 is 2.56 bits per heavy atom. The van der Waals surface area contributed by atoms with Crippen molar-refractivity contribution >= 4 is 11.6 Å². The number of hydrogen-bond donors (Lipinski definition) is 0. The van der Waals surface area contributed by atoms with Crippen molar-refractivity contribution in [2.24, 2.45) is 17.8 Å². The monoisotopic (exact) mass is 214 g/mol. The maximum Gasteiger partial charge on any atom is 0.163 e. The van der Waals surface area contributed by atoms with Gasteiger partial charge in [-0.1, -0.05) is 30.3 Å². The Morgan fingerprint density at radius 1 is 1.19 bits per heavy atom. The average molecular weight is 214 g/mol. The van der Waals surface area contributed by atoms with Crippen molar-refractivity contribution in [2.75, 3.05) is 0 Å². The molecule has 3 atom stereocenters. The molecule has 2 fully saturated rings. The zero-order chi connectivity index (χ0) is 11.1. The number of fused-ring (bicyclic) bond motifs is 1. The van der Waals surface area contributed by atoms with Crippen molar-refractivity contribution < 1.29 is 9.59 Å². The van der Waals surface area contributed by atoms with E-state index in [9.17, 15) is 9.59 Å². The molecule has 2 saturated carbocycles. The normalized spacial score (nSPS) is 31.2. The highest BCUT2D eigenvalue weighted by Gasteiger charge is 2.52. The number of ketones is 2. The zero-order valence-corrected chi connectivity index (χ0v) is 9.06. The van der Waals surface area contributed by atoms with Gasteiger partial charge in [-0.25, -0.2) is 0 Å². The van der Waals surface area contributed by atoms with Gasteiger partial charge in [-0.05, 0) is 18.8 Å². The van der Waals surface area contributed by atoms with E-state index in [-0.39, 0.29) is 11.7 Å². The fraction of sp³-hybridized carbons (Fsp3) is 0.429. The van der Waals surface area contributed by atoms with E-state index >= 15 is 0 Å². The highest BCUT2D eigenvalue weighted by molar-refractivity contribution is 6.00. The van der Waals surface area contributed by atoms with E-state index < -0.39 is 0 Å². The third-order valence-electron chi connectivity index (χ3n) is 3.81. The van der Waals surface area contributed by atoms with Gasteiger partial charge in [0.15, 0.2) is 5.78 Å². The predicted molar refractivity (Wildman–Crippen MR) is 60.1 cm³/mol. The molecule has 0 amide bonds. The Balaban J connectivity index is 1.67. The Kier molecular flexibility index (Phi) is 2.16. The maximum atomic E-state index is 11.9. The van der Waals surface area contributed by atoms with Crippen LogP contribution in [0.3, 0.4) is 0 Å². The number of rotatable bonds is 3. The van der Waals surface area contributed by atoms with Gasteiger partial charge in [-0.2, -0.15) is 0 Å². The van der Waals surface area contributed by atoms with Crippen LogP contribution in [-0.4, -0.2) is 11.6 Å². The molecule has 0 bridgehead atoms. The van der Waals surface area contributed by atoms with E-state index in [1.54, 1.807) is 0 Å². The standard InChI is InChI=1S/C14H14O2/c15-13(9-4-2-1-3-5-9)8-11-6-10-7-12(10)14(11)16/h1-5,10-12H,6-8H2. The Labute approximate surface area is 94.7 Å². The molecule has 2 heteroatoms. The molecule has 0 N–H and O–H groups in total. The molecule has 0 aromatic heterocycles. The van der Waals surface area contributed by atoms with Crippen molar-refractivity contribution in [3.63, 3.8) is 0 Å². The lowest BCUT2D eigenvalue weighted by atomic mass is 9.93. The van der Waals surface area contributed by atoms with Crippen LogP contribution in [-0.2, 0) is 4.79 Å². The summed E-state index contributed by atoms with van der Waals surface area (Å²) in [5.74, 6) is 1.39. The van der Waals surface area contributed by atoms with E-state index in [0.717, 1.165) is 18.4 Å². The van der Waals surface area contributed by atoms with E-state index in [1.165, 1.54) is 0 Å². The molecular formula is C14H14O2. The van der Waals surface area contributed by atoms with Gasteiger partial charge in [0.25, 0.3) is 0 Å². The predicted octanol–water partition coefficient (Wildman–Crippen LogP) is 2.48. The summed E-state index contributed by atoms with van der Waals surface area (Å²) in [7, 11) is 0. The minimum absolute atomic E-state index is 0.0106. The maximum absolute atomic E-state index is 11.9. The van der Waals surface area contributed by atoms with Gasteiger partial charge in [-0.3, -0.25) is 9.59 Å². The Bertz CT molecular complexity index is 435. The van der Waals surface area contributed by atoms with Crippen LogP contribution in [0.1, 0.15) is 29.6 Å². The topological polar surface area (TPSA) is 34.1 Å². The lowest BCUT2D eigenvalue weighted by molar-refractivity contribution is -0.122. The second-order valence-corrected chi connectivity index (χ2v) is 4.93. The molecule has 3 rings (SSSR count). The molecule has 3 unspecified atom stereocenters. The summed E-state index contributed by atoms with van der Waals surface area (Å²) in [6, 6.07) is 9.26. The Hall–Kier alpha value is -1.44. The van der Waals surface area contributed by atoms with Crippen LogP contribution >= 0.6 is 0 Å². The minimum atomic E-state index is 0.0106. The fourth-order valence-electron chi connectivity index (χ4n) is 2.79. The molecule has 2 aliphatic rings. The summed E-state index contributed by atoms with van der Waals surface area (Å²) in [6.07, 6.45) is 2.44. The van der Waals surface area contributed by atoms with Crippen LogP contribution in [0.5, 0.6) is 0 Å². The van der Waals surface area contributed by atoms with Gasteiger partial charge >= 0.3 is 0 Å². The lowest BCUT2D eigenvalue weighted by Crippen LogP contribution is -2.15. The third-order valence-corrected chi connectivity index (χ3v) is 3.81. The molecule has 0 aliphatic heterocycles. The minimum Gasteiger partial charge on any atom is -0.299 e. The molecule has 82 valence electrons. The van der Waals surface area contributed by atoms with Crippen LogP contribution in [0.2, 0.25) is 0 Å². The third kappa shape index (κ3) is 1.58. The molecule has 0 radical (unpaired) electrons. The van der Waals surface area contributed by atoms with Crippen LogP contribution < -0.4 is 0 Å². The number of carbonyl (C=O) groups is 2. The first-order chi connectivity index (χ1) is 7.75. The van der Waals surface area contributed by atoms with Gasteiger partial charge in [0.1, 0.15) is 5.78 Å². The molecule has 0 heterocycles. The van der Waals surface area contributed by atoms with Gasteiger partial charge < -0.3 is 0 Å². The molecule has 16 heavy (non-hydrogen) atoms. The first-order valence-corrected chi connectivity index (χ1v) is 5.87. The second kappa shape index (κ2) is 3.55. The summed E-state index contributed by atoms with van der Waals surface area (Å²) >= 11 is 0. The van der Waals surface area contributed by atoms with Crippen molar-refractivity contribution in [1.29, 1.82) is 0 Å². The SMILES string of the molecule is O=C(CC1CC2CC2C1=O)c1ccccc1. The molecular weight excluding hydrogens is 200 g/mol. The van der Waals surface area contributed by atoms with E-state index in [4.69, 9.17) is 0 Å². The molecule has 0 spiro atoms. The quantitative estimate of drug-likeness (QED) is 0.724. The van der Waals surface area contributed by atoms with Gasteiger partial charge in [0.05, 0.1) is 0 Å². The van der Waals surface area contributed by atoms with Crippen LogP contribution in [0.4, 0.5) is 0 Å². The van der Waals surface area contributed by atoms with E-state index in [2.05, 4.69) is 0 Å². The van der Waals surface area contributed by atoms with Gasteiger partial charge in [0.2, 0.25) is 0 Å². The summed E-state index contributed by atoms with van der Waals surface area (Å²) in [6.45, 7) is 0. The first-order valence-electron chi connectivity index (χ1n) is 5.87. The molecule has 2 aliphatic carbocycles. The summed E-state index contributed by atoms with van der Waals surface area (Å²) in [5, 5.41) is 0.